The number of hydrogen-bond acceptors (Lipinski definition) is 5. The van der Waals surface area contributed by atoms with Gasteiger partial charge in [0.25, 0.3) is 0 Å². The van der Waals surface area contributed by atoms with Crippen LogP contribution < -0.4 is 5.32 Å². The molecular weight excluding hydrogens is 266 g/mol. The summed E-state index contributed by atoms with van der Waals surface area (Å²) >= 11 is 0. The number of rotatable bonds is 8. The molecule has 2 fully saturated rings. The van der Waals surface area contributed by atoms with E-state index in [0.717, 1.165) is 58.7 Å². The molecule has 0 radical (unpaired) electrons. The van der Waals surface area contributed by atoms with Crippen molar-refractivity contribution in [1.82, 2.24) is 15.1 Å². The lowest BCUT2D eigenvalue weighted by Crippen LogP contribution is -2.62. The molecule has 0 amide bonds. The van der Waals surface area contributed by atoms with Crippen molar-refractivity contribution in [3.63, 3.8) is 0 Å². The number of carbonyl (C=O) groups excluding carboxylic acids is 1. The Balaban J connectivity index is 2.00. The lowest BCUT2D eigenvalue weighted by atomic mass is 9.78. The largest absolute Gasteiger partial charge is 0.465 e. The van der Waals surface area contributed by atoms with Crippen molar-refractivity contribution in [2.75, 3.05) is 52.4 Å². The maximum Gasteiger partial charge on any atom is 0.326 e. The lowest BCUT2D eigenvalue weighted by Gasteiger charge is -2.41. The molecule has 2 saturated heterocycles. The fourth-order valence-electron chi connectivity index (χ4n) is 3.79. The Hall–Kier alpha value is -0.650. The predicted molar refractivity (Wildman–Crippen MR) is 84.3 cm³/mol. The van der Waals surface area contributed by atoms with E-state index in [2.05, 4.69) is 29.0 Å². The maximum absolute atomic E-state index is 12.6. The van der Waals surface area contributed by atoms with E-state index in [1.54, 1.807) is 0 Å². The van der Waals surface area contributed by atoms with Gasteiger partial charge in [-0.15, -0.1) is 0 Å². The number of nitrogens with one attached hydrogen (secondary N) is 1. The number of hydrogen-bond donors (Lipinski definition) is 1. The second-order valence-corrected chi connectivity index (χ2v) is 6.18. The van der Waals surface area contributed by atoms with Gasteiger partial charge in [0, 0.05) is 32.1 Å². The molecule has 3 unspecified atom stereocenters. The van der Waals surface area contributed by atoms with E-state index in [4.69, 9.17) is 4.74 Å². The Labute approximate surface area is 129 Å². The number of fused-ring (bicyclic) bond motifs is 2. The minimum Gasteiger partial charge on any atom is -0.465 e. The SMILES string of the molecule is CCOC(=O)C1(NCCN(CC)CC)CCN2CCC1C2. The summed E-state index contributed by atoms with van der Waals surface area (Å²) in [5, 5.41) is 3.60. The number of carbonyl (C=O) groups is 1. The van der Waals surface area contributed by atoms with Gasteiger partial charge in [-0.25, -0.2) is 0 Å². The summed E-state index contributed by atoms with van der Waals surface area (Å²) in [6.07, 6.45) is 1.99. The summed E-state index contributed by atoms with van der Waals surface area (Å²) in [4.78, 5) is 17.5. The zero-order valence-electron chi connectivity index (χ0n) is 13.9. The first-order valence-electron chi connectivity index (χ1n) is 8.53. The third kappa shape index (κ3) is 3.58. The minimum absolute atomic E-state index is 0.0314. The van der Waals surface area contributed by atoms with E-state index < -0.39 is 5.54 Å². The quantitative estimate of drug-likeness (QED) is 0.676. The van der Waals surface area contributed by atoms with Crippen LogP contribution in [0.25, 0.3) is 0 Å². The zero-order valence-corrected chi connectivity index (χ0v) is 13.9. The molecule has 2 bridgehead atoms. The van der Waals surface area contributed by atoms with Crippen LogP contribution in [0.5, 0.6) is 0 Å². The van der Waals surface area contributed by atoms with Crippen LogP contribution in [0, 0.1) is 5.92 Å². The summed E-state index contributed by atoms with van der Waals surface area (Å²) in [5.41, 5.74) is -0.448. The van der Waals surface area contributed by atoms with Crippen LogP contribution in [-0.4, -0.2) is 73.7 Å². The van der Waals surface area contributed by atoms with E-state index in [0.29, 0.717) is 12.5 Å². The summed E-state index contributed by atoms with van der Waals surface area (Å²) in [6.45, 7) is 13.9. The molecule has 0 aromatic heterocycles. The number of ether oxygens (including phenoxy) is 1. The van der Waals surface area contributed by atoms with Gasteiger partial charge >= 0.3 is 5.97 Å². The Morgan fingerprint density at radius 1 is 1.33 bits per heavy atom. The first-order chi connectivity index (χ1) is 10.2. The van der Waals surface area contributed by atoms with E-state index in [1.807, 2.05) is 6.92 Å². The van der Waals surface area contributed by atoms with E-state index in [1.165, 1.54) is 0 Å². The second kappa shape index (κ2) is 7.56. The van der Waals surface area contributed by atoms with Gasteiger partial charge < -0.3 is 19.9 Å². The summed E-state index contributed by atoms with van der Waals surface area (Å²) in [5.74, 6) is 0.373. The summed E-state index contributed by atoms with van der Waals surface area (Å²) in [7, 11) is 0. The molecule has 122 valence electrons. The Bertz CT molecular complexity index is 346. The van der Waals surface area contributed by atoms with Gasteiger partial charge in [-0.05, 0) is 39.4 Å². The molecule has 0 aromatic rings. The lowest BCUT2D eigenvalue weighted by molar-refractivity contribution is -0.155. The molecule has 3 atom stereocenters. The molecule has 5 nitrogen and oxygen atoms in total. The maximum atomic E-state index is 12.6. The van der Waals surface area contributed by atoms with E-state index in [9.17, 15) is 4.79 Å². The summed E-state index contributed by atoms with van der Waals surface area (Å²) in [6, 6.07) is 0. The highest BCUT2D eigenvalue weighted by Gasteiger charge is 2.51. The normalized spacial score (nSPS) is 31.6. The monoisotopic (exact) mass is 297 g/mol. The topological polar surface area (TPSA) is 44.8 Å². The molecule has 0 aliphatic carbocycles. The van der Waals surface area contributed by atoms with Crippen molar-refractivity contribution >= 4 is 5.97 Å². The number of piperidine rings is 1. The van der Waals surface area contributed by atoms with Crippen molar-refractivity contribution in [2.45, 2.75) is 39.2 Å². The van der Waals surface area contributed by atoms with Gasteiger partial charge in [0.1, 0.15) is 5.54 Å². The third-order valence-corrected chi connectivity index (χ3v) is 5.19. The number of nitrogens with zero attached hydrogens (tertiary/aromatic N) is 2. The molecular formula is C16H31N3O2. The van der Waals surface area contributed by atoms with Gasteiger partial charge in [0.15, 0.2) is 0 Å². The average Bonchev–Trinajstić information content (AvgIpc) is 2.90. The fraction of sp³-hybridized carbons (Fsp3) is 0.938. The van der Waals surface area contributed by atoms with Crippen LogP contribution in [0.2, 0.25) is 0 Å². The smallest absolute Gasteiger partial charge is 0.326 e. The molecule has 2 aliphatic rings. The third-order valence-electron chi connectivity index (χ3n) is 5.19. The van der Waals surface area contributed by atoms with Crippen LogP contribution >= 0.6 is 0 Å². The Morgan fingerprint density at radius 2 is 2.10 bits per heavy atom. The Morgan fingerprint density at radius 3 is 2.76 bits per heavy atom. The molecule has 1 N–H and O–H groups in total. The molecule has 2 heterocycles. The number of likely N-dealkylation sites (N-methyl/N-ethyl adjacent to an activating group) is 1. The van der Waals surface area contributed by atoms with Crippen LogP contribution in [-0.2, 0) is 9.53 Å². The molecule has 0 spiro atoms. The van der Waals surface area contributed by atoms with Crippen molar-refractivity contribution in [3.05, 3.63) is 0 Å². The molecule has 0 saturated carbocycles. The minimum atomic E-state index is -0.448. The van der Waals surface area contributed by atoms with Crippen molar-refractivity contribution in [1.29, 1.82) is 0 Å². The highest BCUT2D eigenvalue weighted by molar-refractivity contribution is 5.81. The zero-order chi connectivity index (χ0) is 15.3. The van der Waals surface area contributed by atoms with Crippen LogP contribution in [0.1, 0.15) is 33.6 Å². The molecule has 5 heteroatoms. The van der Waals surface area contributed by atoms with Gasteiger partial charge in [0.05, 0.1) is 6.61 Å². The summed E-state index contributed by atoms with van der Waals surface area (Å²) < 4.78 is 5.41. The fourth-order valence-corrected chi connectivity index (χ4v) is 3.79. The van der Waals surface area contributed by atoms with Gasteiger partial charge in [-0.1, -0.05) is 13.8 Å². The van der Waals surface area contributed by atoms with E-state index in [-0.39, 0.29) is 5.97 Å². The Kier molecular flexibility index (Phi) is 6.02. The van der Waals surface area contributed by atoms with Crippen LogP contribution in [0.4, 0.5) is 0 Å². The highest BCUT2D eigenvalue weighted by atomic mass is 16.5. The first-order valence-corrected chi connectivity index (χ1v) is 8.53. The predicted octanol–water partition coefficient (Wildman–Crippen LogP) is 0.945. The highest BCUT2D eigenvalue weighted by Crippen LogP contribution is 2.36. The molecule has 0 aromatic carbocycles. The van der Waals surface area contributed by atoms with E-state index >= 15 is 0 Å². The molecule has 21 heavy (non-hydrogen) atoms. The van der Waals surface area contributed by atoms with Crippen molar-refractivity contribution in [3.8, 4) is 0 Å². The first kappa shape index (κ1) is 16.7. The average molecular weight is 297 g/mol. The molecule has 2 rings (SSSR count). The van der Waals surface area contributed by atoms with Gasteiger partial charge in [-0.2, -0.15) is 0 Å². The van der Waals surface area contributed by atoms with Gasteiger partial charge in [0.2, 0.25) is 0 Å². The second-order valence-electron chi connectivity index (χ2n) is 6.18. The van der Waals surface area contributed by atoms with Crippen LogP contribution in [0.15, 0.2) is 0 Å². The van der Waals surface area contributed by atoms with Crippen molar-refractivity contribution < 1.29 is 9.53 Å². The van der Waals surface area contributed by atoms with Crippen LogP contribution in [0.3, 0.4) is 0 Å². The number of esters is 1. The standard InChI is InChI=1S/C16H31N3O2/c1-4-18(5-2)12-9-17-16(15(20)21-6-3)8-11-19-10-7-14(16)13-19/h14,17H,4-13H2,1-3H3. The molecule has 2 aliphatic heterocycles. The van der Waals surface area contributed by atoms with Gasteiger partial charge in [-0.3, -0.25) is 4.79 Å². The van der Waals surface area contributed by atoms with Crippen molar-refractivity contribution in [2.24, 2.45) is 5.92 Å².